The highest BCUT2D eigenvalue weighted by molar-refractivity contribution is 5.71. The molecule has 0 saturated carbocycles. The minimum atomic E-state index is -0.530. The second-order valence-electron chi connectivity index (χ2n) is 7.55. The number of carbonyl (C=O) groups is 1. The van der Waals surface area contributed by atoms with Gasteiger partial charge in [-0.25, -0.2) is 4.79 Å². The van der Waals surface area contributed by atoms with Gasteiger partial charge < -0.3 is 20.5 Å². The van der Waals surface area contributed by atoms with E-state index >= 15 is 0 Å². The molecule has 1 heterocycles. The van der Waals surface area contributed by atoms with Gasteiger partial charge in [0, 0.05) is 5.69 Å². The Balaban J connectivity index is 1.54. The van der Waals surface area contributed by atoms with Gasteiger partial charge in [-0.05, 0) is 55.2 Å². The van der Waals surface area contributed by atoms with Crippen LogP contribution in [-0.4, -0.2) is 27.5 Å². The molecule has 3 rings (SSSR count). The minimum Gasteiger partial charge on any atom is -0.482 e. The van der Waals surface area contributed by atoms with E-state index in [1.165, 1.54) is 5.56 Å². The third kappa shape index (κ3) is 6.40. The Hall–Kier alpha value is -3.68. The van der Waals surface area contributed by atoms with E-state index in [1.54, 1.807) is 0 Å². The predicted octanol–water partition coefficient (Wildman–Crippen LogP) is 4.06. The fourth-order valence-corrected chi connectivity index (χ4v) is 3.04. The molecular formula is C23H27N5O3. The molecule has 3 aromatic rings. The van der Waals surface area contributed by atoms with E-state index in [4.69, 9.17) is 15.2 Å². The summed E-state index contributed by atoms with van der Waals surface area (Å²) in [5, 5.41) is 3.06. The van der Waals surface area contributed by atoms with Crippen LogP contribution in [0.15, 0.2) is 42.5 Å². The first-order chi connectivity index (χ1) is 14.8. The number of aryl methyl sites for hydroxylation is 2. The molecule has 0 bridgehead atoms. The molecule has 0 aliphatic carbocycles. The maximum atomic E-state index is 12.1. The lowest BCUT2D eigenvalue weighted by atomic mass is 9.98. The van der Waals surface area contributed by atoms with Crippen LogP contribution < -0.4 is 15.8 Å². The number of aromatic nitrogens is 3. The number of rotatable bonds is 8. The highest BCUT2D eigenvalue weighted by Gasteiger charge is 2.11. The summed E-state index contributed by atoms with van der Waals surface area (Å²) in [6.45, 7) is 7.95. The Morgan fingerprint density at radius 2 is 1.81 bits per heavy atom. The van der Waals surface area contributed by atoms with Crippen LogP contribution >= 0.6 is 0 Å². The zero-order valence-electron chi connectivity index (χ0n) is 18.2. The zero-order chi connectivity index (χ0) is 22.4. The van der Waals surface area contributed by atoms with Gasteiger partial charge in [-0.15, -0.1) is 0 Å². The average molecular weight is 422 g/mol. The number of esters is 1. The Morgan fingerprint density at radius 3 is 2.48 bits per heavy atom. The smallest absolute Gasteiger partial charge is 0.344 e. The van der Waals surface area contributed by atoms with Crippen LogP contribution in [0.25, 0.3) is 0 Å². The van der Waals surface area contributed by atoms with Gasteiger partial charge in [-0.1, -0.05) is 37.6 Å². The molecule has 0 aliphatic heterocycles. The quantitative estimate of drug-likeness (QED) is 0.524. The molecule has 31 heavy (non-hydrogen) atoms. The van der Waals surface area contributed by atoms with Crippen LogP contribution in [0, 0.1) is 13.8 Å². The van der Waals surface area contributed by atoms with Crippen molar-refractivity contribution in [2.45, 2.75) is 40.2 Å². The first kappa shape index (κ1) is 22.0. The van der Waals surface area contributed by atoms with Crippen molar-refractivity contribution in [1.29, 1.82) is 0 Å². The molecule has 162 valence electrons. The molecule has 0 saturated heterocycles. The fraction of sp³-hybridized carbons (Fsp3) is 0.304. The van der Waals surface area contributed by atoms with Crippen LogP contribution in [0.3, 0.4) is 0 Å². The van der Waals surface area contributed by atoms with Gasteiger partial charge in [-0.3, -0.25) is 0 Å². The van der Waals surface area contributed by atoms with E-state index in [-0.39, 0.29) is 30.9 Å². The fourth-order valence-electron chi connectivity index (χ4n) is 3.04. The number of hydrogen-bond donors (Lipinski definition) is 2. The van der Waals surface area contributed by atoms with Crippen molar-refractivity contribution in [3.63, 3.8) is 0 Å². The first-order valence-corrected chi connectivity index (χ1v) is 10.0. The number of nitrogens with two attached hydrogens (primary N) is 1. The van der Waals surface area contributed by atoms with Crippen molar-refractivity contribution >= 4 is 23.6 Å². The summed E-state index contributed by atoms with van der Waals surface area (Å²) < 4.78 is 10.8. The lowest BCUT2D eigenvalue weighted by Crippen LogP contribution is -2.16. The van der Waals surface area contributed by atoms with E-state index in [9.17, 15) is 4.79 Å². The van der Waals surface area contributed by atoms with Crippen molar-refractivity contribution in [1.82, 2.24) is 15.0 Å². The number of benzene rings is 2. The van der Waals surface area contributed by atoms with Gasteiger partial charge in [0.05, 0.1) is 0 Å². The Bertz CT molecular complexity index is 1050. The molecule has 8 heteroatoms. The van der Waals surface area contributed by atoms with Gasteiger partial charge in [0.1, 0.15) is 5.75 Å². The van der Waals surface area contributed by atoms with E-state index in [0.717, 1.165) is 16.8 Å². The van der Waals surface area contributed by atoms with Gasteiger partial charge in [0.15, 0.2) is 19.0 Å². The van der Waals surface area contributed by atoms with Crippen molar-refractivity contribution in [3.05, 3.63) is 65.0 Å². The van der Waals surface area contributed by atoms with Gasteiger partial charge in [0.25, 0.3) is 0 Å². The molecular weight excluding hydrogens is 394 g/mol. The predicted molar refractivity (Wildman–Crippen MR) is 119 cm³/mol. The van der Waals surface area contributed by atoms with E-state index in [2.05, 4.69) is 34.1 Å². The van der Waals surface area contributed by atoms with Crippen LogP contribution in [0.5, 0.6) is 5.75 Å². The summed E-state index contributed by atoms with van der Waals surface area (Å²) in [4.78, 5) is 24.4. The summed E-state index contributed by atoms with van der Waals surface area (Å²) in [5.74, 6) is 1.07. The standard InChI is InChI=1S/C23H27N5O3/c1-14(2)19-10-9-18(11-16(19)4)30-13-21(29)31-12-20-26-22(24)28-23(27-20)25-17-7-5-15(3)6-8-17/h5-11,14H,12-13H2,1-4H3,(H3,24,25,26,27,28). The van der Waals surface area contributed by atoms with E-state index in [0.29, 0.717) is 11.7 Å². The average Bonchev–Trinajstić information content (AvgIpc) is 2.72. The van der Waals surface area contributed by atoms with Gasteiger partial charge >= 0.3 is 5.97 Å². The lowest BCUT2D eigenvalue weighted by molar-refractivity contribution is -0.147. The number of carbonyl (C=O) groups excluding carboxylic acids is 1. The summed E-state index contributed by atoms with van der Waals surface area (Å²) >= 11 is 0. The van der Waals surface area contributed by atoms with Crippen molar-refractivity contribution < 1.29 is 14.3 Å². The van der Waals surface area contributed by atoms with Gasteiger partial charge in [-0.2, -0.15) is 15.0 Å². The van der Waals surface area contributed by atoms with Gasteiger partial charge in [0.2, 0.25) is 11.9 Å². The minimum absolute atomic E-state index is 0.0348. The highest BCUT2D eigenvalue weighted by Crippen LogP contribution is 2.23. The van der Waals surface area contributed by atoms with E-state index in [1.807, 2.05) is 56.3 Å². The van der Waals surface area contributed by atoms with Crippen LogP contribution in [0.2, 0.25) is 0 Å². The Labute approximate surface area is 181 Å². The number of anilines is 3. The molecule has 2 aromatic carbocycles. The maximum Gasteiger partial charge on any atom is 0.344 e. The lowest BCUT2D eigenvalue weighted by Gasteiger charge is -2.12. The molecule has 0 unspecified atom stereocenters. The summed E-state index contributed by atoms with van der Waals surface area (Å²) in [7, 11) is 0. The molecule has 0 amide bonds. The zero-order valence-corrected chi connectivity index (χ0v) is 18.2. The second-order valence-corrected chi connectivity index (χ2v) is 7.55. The highest BCUT2D eigenvalue weighted by atomic mass is 16.6. The third-order valence-electron chi connectivity index (χ3n) is 4.59. The molecule has 8 nitrogen and oxygen atoms in total. The summed E-state index contributed by atoms with van der Waals surface area (Å²) in [5.41, 5.74) is 10.1. The van der Waals surface area contributed by atoms with Crippen LogP contribution in [0.1, 0.15) is 42.3 Å². The van der Waals surface area contributed by atoms with E-state index < -0.39 is 5.97 Å². The van der Waals surface area contributed by atoms with Crippen LogP contribution in [0.4, 0.5) is 17.6 Å². The Kier molecular flexibility index (Phi) is 7.02. The second kappa shape index (κ2) is 9.88. The largest absolute Gasteiger partial charge is 0.482 e. The van der Waals surface area contributed by atoms with Crippen molar-refractivity contribution in [3.8, 4) is 5.75 Å². The number of nitrogen functional groups attached to an aromatic ring is 1. The molecule has 0 radical (unpaired) electrons. The molecule has 3 N–H and O–H groups in total. The molecule has 1 aromatic heterocycles. The number of hydrogen-bond acceptors (Lipinski definition) is 8. The monoisotopic (exact) mass is 421 g/mol. The SMILES string of the molecule is Cc1ccc(Nc2nc(N)nc(COC(=O)COc3ccc(C(C)C)c(C)c3)n2)cc1. The van der Waals surface area contributed by atoms with Crippen molar-refractivity contribution in [2.24, 2.45) is 0 Å². The summed E-state index contributed by atoms with van der Waals surface area (Å²) in [6.07, 6.45) is 0. The summed E-state index contributed by atoms with van der Waals surface area (Å²) in [6, 6.07) is 13.5. The number of ether oxygens (including phenoxy) is 2. The number of nitrogens with one attached hydrogen (secondary N) is 1. The molecule has 0 fully saturated rings. The third-order valence-corrected chi connectivity index (χ3v) is 4.59. The molecule has 0 aliphatic rings. The number of nitrogens with zero attached hydrogens (tertiary/aromatic N) is 3. The molecule has 0 atom stereocenters. The van der Waals surface area contributed by atoms with Crippen molar-refractivity contribution in [2.75, 3.05) is 17.7 Å². The van der Waals surface area contributed by atoms with Crippen LogP contribution in [-0.2, 0) is 16.1 Å². The maximum absolute atomic E-state index is 12.1. The normalized spacial score (nSPS) is 10.7. The first-order valence-electron chi connectivity index (χ1n) is 10.0. The Morgan fingerprint density at radius 1 is 1.06 bits per heavy atom. The molecule has 0 spiro atoms. The topological polar surface area (TPSA) is 112 Å².